The Labute approximate surface area is 165 Å². The number of furan rings is 1. The SMILES string of the molecule is Cc1cc(C)c(C(=O)NC2CC(C)(C)Cc3nc(N4CCOCC4)ncc32)o1. The second kappa shape index (κ2) is 7.20. The molecule has 1 amide bonds. The summed E-state index contributed by atoms with van der Waals surface area (Å²) in [6.07, 6.45) is 3.59. The summed E-state index contributed by atoms with van der Waals surface area (Å²) in [6.45, 7) is 11.2. The molecule has 150 valence electrons. The van der Waals surface area contributed by atoms with Gasteiger partial charge in [-0.3, -0.25) is 4.79 Å². The van der Waals surface area contributed by atoms with E-state index in [9.17, 15) is 4.79 Å². The molecule has 1 N–H and O–H groups in total. The maximum atomic E-state index is 12.8. The predicted octanol–water partition coefficient (Wildman–Crippen LogP) is 2.97. The lowest BCUT2D eigenvalue weighted by Gasteiger charge is -2.37. The average molecular weight is 384 g/mol. The van der Waals surface area contributed by atoms with Crippen molar-refractivity contribution < 1.29 is 13.9 Å². The van der Waals surface area contributed by atoms with Gasteiger partial charge in [0.2, 0.25) is 5.95 Å². The average Bonchev–Trinajstić information content (AvgIpc) is 2.99. The van der Waals surface area contributed by atoms with Crippen LogP contribution in [0.1, 0.15) is 59.4 Å². The number of carbonyl (C=O) groups excluding carboxylic acids is 1. The Kier molecular flexibility index (Phi) is 4.87. The first kappa shape index (κ1) is 18.9. The number of anilines is 1. The molecule has 3 heterocycles. The monoisotopic (exact) mass is 384 g/mol. The van der Waals surface area contributed by atoms with Crippen LogP contribution in [0.25, 0.3) is 0 Å². The van der Waals surface area contributed by atoms with Crippen LogP contribution in [-0.2, 0) is 11.2 Å². The first-order chi connectivity index (χ1) is 13.3. The number of hydrogen-bond donors (Lipinski definition) is 1. The number of fused-ring (bicyclic) bond motifs is 1. The summed E-state index contributed by atoms with van der Waals surface area (Å²) in [5, 5.41) is 3.15. The summed E-state index contributed by atoms with van der Waals surface area (Å²) in [7, 11) is 0. The van der Waals surface area contributed by atoms with Gasteiger partial charge in [0, 0.05) is 30.4 Å². The molecule has 0 saturated carbocycles. The van der Waals surface area contributed by atoms with Gasteiger partial charge >= 0.3 is 0 Å². The van der Waals surface area contributed by atoms with Crippen LogP contribution in [-0.4, -0.2) is 42.2 Å². The highest BCUT2D eigenvalue weighted by Gasteiger charge is 2.35. The summed E-state index contributed by atoms with van der Waals surface area (Å²) in [6, 6.07) is 1.75. The van der Waals surface area contributed by atoms with Gasteiger partial charge in [-0.15, -0.1) is 0 Å². The third-order valence-corrected chi connectivity index (χ3v) is 5.51. The Hall–Kier alpha value is -2.41. The number of hydrogen-bond acceptors (Lipinski definition) is 6. The van der Waals surface area contributed by atoms with Crippen LogP contribution in [0.3, 0.4) is 0 Å². The number of aromatic nitrogens is 2. The molecule has 4 rings (SSSR count). The van der Waals surface area contributed by atoms with E-state index in [1.165, 1.54) is 0 Å². The number of morpholine rings is 1. The molecule has 0 bridgehead atoms. The lowest BCUT2D eigenvalue weighted by atomic mass is 9.74. The normalized spacial score (nSPS) is 21.3. The van der Waals surface area contributed by atoms with Crippen LogP contribution in [0.5, 0.6) is 0 Å². The van der Waals surface area contributed by atoms with Gasteiger partial charge in [-0.05, 0) is 38.2 Å². The van der Waals surface area contributed by atoms with Gasteiger partial charge in [0.15, 0.2) is 5.76 Å². The minimum absolute atomic E-state index is 0.0374. The molecule has 1 saturated heterocycles. The van der Waals surface area contributed by atoms with Gasteiger partial charge in [-0.1, -0.05) is 13.8 Å². The number of aryl methyl sites for hydroxylation is 2. The number of nitrogens with zero attached hydrogens (tertiary/aromatic N) is 3. The molecule has 1 aliphatic heterocycles. The first-order valence-corrected chi connectivity index (χ1v) is 9.89. The molecule has 1 atom stereocenters. The molecule has 2 aromatic rings. The molecule has 1 unspecified atom stereocenters. The minimum atomic E-state index is -0.184. The van der Waals surface area contributed by atoms with Gasteiger partial charge in [0.05, 0.1) is 24.9 Å². The lowest BCUT2D eigenvalue weighted by molar-refractivity contribution is 0.0888. The molecule has 1 fully saturated rings. The van der Waals surface area contributed by atoms with Crippen LogP contribution in [0, 0.1) is 19.3 Å². The second-order valence-electron chi connectivity index (χ2n) is 8.61. The highest BCUT2D eigenvalue weighted by molar-refractivity contribution is 5.93. The number of nitrogens with one attached hydrogen (secondary N) is 1. The highest BCUT2D eigenvalue weighted by Crippen LogP contribution is 2.40. The van der Waals surface area contributed by atoms with E-state index < -0.39 is 0 Å². The molecular weight excluding hydrogens is 356 g/mol. The molecule has 7 nitrogen and oxygen atoms in total. The number of carbonyl (C=O) groups is 1. The quantitative estimate of drug-likeness (QED) is 0.876. The van der Waals surface area contributed by atoms with Crippen molar-refractivity contribution in [2.75, 3.05) is 31.2 Å². The number of ether oxygens (including phenoxy) is 1. The maximum Gasteiger partial charge on any atom is 0.287 e. The van der Waals surface area contributed by atoms with Crippen molar-refractivity contribution in [1.29, 1.82) is 0 Å². The van der Waals surface area contributed by atoms with Crippen LogP contribution >= 0.6 is 0 Å². The first-order valence-electron chi connectivity index (χ1n) is 9.89. The maximum absolute atomic E-state index is 12.8. The van der Waals surface area contributed by atoms with Crippen LogP contribution in [0.4, 0.5) is 5.95 Å². The third-order valence-electron chi connectivity index (χ3n) is 5.51. The van der Waals surface area contributed by atoms with Crippen molar-refractivity contribution in [1.82, 2.24) is 15.3 Å². The molecule has 2 aliphatic rings. The smallest absolute Gasteiger partial charge is 0.287 e. The van der Waals surface area contributed by atoms with Crippen molar-refractivity contribution >= 4 is 11.9 Å². The topological polar surface area (TPSA) is 80.5 Å². The molecule has 0 spiro atoms. The van der Waals surface area contributed by atoms with Crippen molar-refractivity contribution in [3.05, 3.63) is 40.6 Å². The molecule has 7 heteroatoms. The zero-order chi connectivity index (χ0) is 19.9. The van der Waals surface area contributed by atoms with Crippen molar-refractivity contribution in [3.8, 4) is 0 Å². The molecule has 28 heavy (non-hydrogen) atoms. The van der Waals surface area contributed by atoms with E-state index in [4.69, 9.17) is 14.1 Å². The van der Waals surface area contributed by atoms with Crippen molar-refractivity contribution in [3.63, 3.8) is 0 Å². The van der Waals surface area contributed by atoms with Gasteiger partial charge in [-0.2, -0.15) is 0 Å². The predicted molar refractivity (Wildman–Crippen MR) is 106 cm³/mol. The summed E-state index contributed by atoms with van der Waals surface area (Å²) in [5.74, 6) is 1.69. The Morgan fingerprint density at radius 3 is 2.71 bits per heavy atom. The van der Waals surface area contributed by atoms with E-state index in [1.807, 2.05) is 26.1 Å². The second-order valence-corrected chi connectivity index (χ2v) is 8.61. The van der Waals surface area contributed by atoms with E-state index >= 15 is 0 Å². The summed E-state index contributed by atoms with van der Waals surface area (Å²) in [4.78, 5) is 24.4. The van der Waals surface area contributed by atoms with Gasteiger partial charge < -0.3 is 19.4 Å². The van der Waals surface area contributed by atoms with Crippen LogP contribution in [0.2, 0.25) is 0 Å². The Morgan fingerprint density at radius 1 is 1.29 bits per heavy atom. The van der Waals surface area contributed by atoms with Crippen LogP contribution < -0.4 is 10.2 Å². The molecule has 0 radical (unpaired) electrons. The Bertz CT molecular complexity index is 884. The van der Waals surface area contributed by atoms with E-state index in [0.29, 0.717) is 19.0 Å². The fourth-order valence-corrected chi connectivity index (χ4v) is 4.17. The standard InChI is InChI=1S/C21H28N4O3/c1-13-9-14(2)28-18(13)19(26)23-16-10-21(3,4)11-17-15(16)12-22-20(24-17)25-5-7-27-8-6-25/h9,12,16H,5-8,10-11H2,1-4H3,(H,23,26). The molecular formula is C21H28N4O3. The zero-order valence-electron chi connectivity index (χ0n) is 17.0. The fourth-order valence-electron chi connectivity index (χ4n) is 4.17. The van der Waals surface area contributed by atoms with E-state index in [0.717, 1.165) is 54.5 Å². The fraction of sp³-hybridized carbons (Fsp3) is 0.571. The van der Waals surface area contributed by atoms with Gasteiger partial charge in [-0.25, -0.2) is 9.97 Å². The van der Waals surface area contributed by atoms with E-state index in [-0.39, 0.29) is 17.4 Å². The Balaban J connectivity index is 1.61. The molecule has 2 aromatic heterocycles. The van der Waals surface area contributed by atoms with E-state index in [1.54, 1.807) is 0 Å². The highest BCUT2D eigenvalue weighted by atomic mass is 16.5. The van der Waals surface area contributed by atoms with Crippen LogP contribution in [0.15, 0.2) is 16.7 Å². The lowest BCUT2D eigenvalue weighted by Crippen LogP contribution is -2.39. The number of rotatable bonds is 3. The third kappa shape index (κ3) is 3.76. The summed E-state index contributed by atoms with van der Waals surface area (Å²) in [5.41, 5.74) is 2.91. The van der Waals surface area contributed by atoms with Crippen molar-refractivity contribution in [2.24, 2.45) is 5.41 Å². The molecule has 1 aliphatic carbocycles. The van der Waals surface area contributed by atoms with Crippen molar-refractivity contribution in [2.45, 2.75) is 46.6 Å². The summed E-state index contributed by atoms with van der Waals surface area (Å²) < 4.78 is 11.0. The number of amides is 1. The van der Waals surface area contributed by atoms with E-state index in [2.05, 4.69) is 29.0 Å². The molecule has 0 aromatic carbocycles. The summed E-state index contributed by atoms with van der Waals surface area (Å²) >= 11 is 0. The van der Waals surface area contributed by atoms with Gasteiger partial charge in [0.1, 0.15) is 5.76 Å². The zero-order valence-corrected chi connectivity index (χ0v) is 17.0. The minimum Gasteiger partial charge on any atom is -0.456 e. The Morgan fingerprint density at radius 2 is 2.04 bits per heavy atom. The van der Waals surface area contributed by atoms with Gasteiger partial charge in [0.25, 0.3) is 5.91 Å². The largest absolute Gasteiger partial charge is 0.456 e.